The minimum absolute atomic E-state index is 0.131. The van der Waals surface area contributed by atoms with Crippen LogP contribution in [0.2, 0.25) is 0 Å². The second-order valence-electron chi connectivity index (χ2n) is 5.17. The topological polar surface area (TPSA) is 89.3 Å². The van der Waals surface area contributed by atoms with Gasteiger partial charge in [-0.2, -0.15) is 5.10 Å². The molecule has 7 heteroatoms. The molecule has 1 aromatic heterocycles. The van der Waals surface area contributed by atoms with Gasteiger partial charge in [0.1, 0.15) is 5.56 Å². The number of aromatic nitrogens is 2. The fourth-order valence-corrected chi connectivity index (χ4v) is 3.27. The van der Waals surface area contributed by atoms with Gasteiger partial charge in [0.2, 0.25) is 0 Å². The molecule has 1 fully saturated rings. The summed E-state index contributed by atoms with van der Waals surface area (Å²) in [6.45, 7) is 0. The molecule has 1 aromatic carbocycles. The van der Waals surface area contributed by atoms with Gasteiger partial charge in [0.15, 0.2) is 9.84 Å². The lowest BCUT2D eigenvalue weighted by atomic mass is 10.1. The summed E-state index contributed by atoms with van der Waals surface area (Å²) in [5.74, 6) is -0.911. The lowest BCUT2D eigenvalue weighted by molar-refractivity contribution is 0.0695. The molecular weight excluding hydrogens is 292 g/mol. The summed E-state index contributed by atoms with van der Waals surface area (Å²) in [5, 5.41) is 13.4. The van der Waals surface area contributed by atoms with Gasteiger partial charge in [-0.3, -0.25) is 0 Å². The van der Waals surface area contributed by atoms with Crippen molar-refractivity contribution in [2.45, 2.75) is 23.7 Å². The summed E-state index contributed by atoms with van der Waals surface area (Å²) < 4.78 is 25.3. The first-order chi connectivity index (χ1) is 9.89. The number of carbonyl (C=O) groups is 1. The Morgan fingerprint density at radius 1 is 1.33 bits per heavy atom. The summed E-state index contributed by atoms with van der Waals surface area (Å²) in [6, 6.07) is 6.49. The van der Waals surface area contributed by atoms with Crippen molar-refractivity contribution < 1.29 is 18.3 Å². The lowest BCUT2D eigenvalue weighted by Gasteiger charge is -2.11. The van der Waals surface area contributed by atoms with Crippen LogP contribution in [0, 0.1) is 0 Å². The van der Waals surface area contributed by atoms with Crippen molar-refractivity contribution in [3.8, 4) is 5.69 Å². The summed E-state index contributed by atoms with van der Waals surface area (Å²) in [5.41, 5.74) is 1.12. The fourth-order valence-electron chi connectivity index (χ4n) is 2.41. The van der Waals surface area contributed by atoms with E-state index in [2.05, 4.69) is 5.10 Å². The van der Waals surface area contributed by atoms with Crippen molar-refractivity contribution in [3.63, 3.8) is 0 Å². The molecule has 1 saturated carbocycles. The highest BCUT2D eigenvalue weighted by atomic mass is 32.2. The van der Waals surface area contributed by atoms with E-state index < -0.39 is 15.8 Å². The third-order valence-electron chi connectivity index (χ3n) is 3.49. The van der Waals surface area contributed by atoms with Crippen LogP contribution in [0.5, 0.6) is 0 Å². The number of nitrogens with zero attached hydrogens (tertiary/aromatic N) is 2. The van der Waals surface area contributed by atoms with Gasteiger partial charge in [-0.1, -0.05) is 12.1 Å². The average molecular weight is 306 g/mol. The van der Waals surface area contributed by atoms with Crippen LogP contribution in [-0.2, 0) is 9.84 Å². The zero-order valence-electron chi connectivity index (χ0n) is 11.4. The molecule has 0 saturated heterocycles. The molecule has 0 unspecified atom stereocenters. The molecule has 6 nitrogen and oxygen atoms in total. The van der Waals surface area contributed by atoms with Crippen LogP contribution in [0.1, 0.15) is 34.8 Å². The third-order valence-corrected chi connectivity index (χ3v) is 4.64. The van der Waals surface area contributed by atoms with Crippen molar-refractivity contribution in [1.29, 1.82) is 0 Å². The van der Waals surface area contributed by atoms with Gasteiger partial charge in [0.05, 0.1) is 22.5 Å². The van der Waals surface area contributed by atoms with E-state index in [-0.39, 0.29) is 16.4 Å². The Morgan fingerprint density at radius 3 is 2.57 bits per heavy atom. The van der Waals surface area contributed by atoms with E-state index in [1.54, 1.807) is 18.2 Å². The number of para-hydroxylation sites is 1. The molecule has 2 aromatic rings. The molecule has 0 amide bonds. The van der Waals surface area contributed by atoms with E-state index >= 15 is 0 Å². The molecule has 0 spiro atoms. The van der Waals surface area contributed by atoms with Gasteiger partial charge < -0.3 is 5.11 Å². The Morgan fingerprint density at radius 2 is 2.00 bits per heavy atom. The van der Waals surface area contributed by atoms with Crippen LogP contribution in [0.4, 0.5) is 0 Å². The van der Waals surface area contributed by atoms with Crippen LogP contribution in [0.3, 0.4) is 0 Å². The highest BCUT2D eigenvalue weighted by Crippen LogP contribution is 2.42. The molecule has 21 heavy (non-hydrogen) atoms. The Hall–Kier alpha value is -2.15. The number of aromatic carboxylic acids is 1. The molecule has 1 aliphatic rings. The van der Waals surface area contributed by atoms with Crippen molar-refractivity contribution in [3.05, 3.63) is 41.7 Å². The first-order valence-electron chi connectivity index (χ1n) is 6.50. The van der Waals surface area contributed by atoms with Gasteiger partial charge in [-0.25, -0.2) is 17.9 Å². The van der Waals surface area contributed by atoms with Crippen molar-refractivity contribution in [1.82, 2.24) is 9.78 Å². The van der Waals surface area contributed by atoms with E-state index in [0.717, 1.165) is 19.1 Å². The monoisotopic (exact) mass is 306 g/mol. The average Bonchev–Trinajstić information content (AvgIpc) is 3.16. The third kappa shape index (κ3) is 2.44. The highest BCUT2D eigenvalue weighted by Gasteiger charge is 2.33. The molecular formula is C14H14N2O4S. The first-order valence-corrected chi connectivity index (χ1v) is 8.39. The molecule has 1 aliphatic carbocycles. The second-order valence-corrected chi connectivity index (χ2v) is 7.16. The zero-order valence-corrected chi connectivity index (χ0v) is 12.2. The van der Waals surface area contributed by atoms with E-state index in [1.165, 1.54) is 16.9 Å². The molecule has 0 aliphatic heterocycles. The van der Waals surface area contributed by atoms with E-state index in [0.29, 0.717) is 11.4 Å². The standard InChI is InChI=1S/C14H14N2O4S/c1-21(19,20)12-5-3-2-4-11(12)16-13(9-6-7-9)10(8-15-16)14(17)18/h2-5,8-9H,6-7H2,1H3,(H,17,18). The van der Waals surface area contributed by atoms with E-state index in [9.17, 15) is 18.3 Å². The maximum absolute atomic E-state index is 11.9. The maximum Gasteiger partial charge on any atom is 0.339 e. The first kappa shape index (κ1) is 13.8. The zero-order chi connectivity index (χ0) is 15.2. The quantitative estimate of drug-likeness (QED) is 0.931. The van der Waals surface area contributed by atoms with Gasteiger partial charge in [0.25, 0.3) is 0 Å². The number of carboxylic acids is 1. The predicted molar refractivity (Wildman–Crippen MR) is 75.6 cm³/mol. The number of carboxylic acid groups (broad SMARTS) is 1. The van der Waals surface area contributed by atoms with Gasteiger partial charge in [-0.05, 0) is 25.0 Å². The smallest absolute Gasteiger partial charge is 0.339 e. The summed E-state index contributed by atoms with van der Waals surface area (Å²) in [7, 11) is -3.42. The summed E-state index contributed by atoms with van der Waals surface area (Å²) >= 11 is 0. The maximum atomic E-state index is 11.9. The van der Waals surface area contributed by atoms with Crippen molar-refractivity contribution in [2.75, 3.05) is 6.26 Å². The van der Waals surface area contributed by atoms with Gasteiger partial charge in [0, 0.05) is 12.2 Å². The SMILES string of the molecule is CS(=O)(=O)c1ccccc1-n1ncc(C(=O)O)c1C1CC1. The molecule has 0 atom stereocenters. The molecule has 1 N–H and O–H groups in total. The van der Waals surface area contributed by atoms with E-state index in [4.69, 9.17) is 0 Å². The number of rotatable bonds is 4. The predicted octanol–water partition coefficient (Wildman–Crippen LogP) is 1.85. The Kier molecular flexibility index (Phi) is 3.09. The second kappa shape index (κ2) is 4.70. The minimum Gasteiger partial charge on any atom is -0.478 e. The number of sulfone groups is 1. The molecule has 1 heterocycles. The summed E-state index contributed by atoms with van der Waals surface area (Å²) in [4.78, 5) is 11.5. The van der Waals surface area contributed by atoms with Crippen molar-refractivity contribution >= 4 is 15.8 Å². The molecule has 110 valence electrons. The van der Waals surface area contributed by atoms with Crippen molar-refractivity contribution in [2.24, 2.45) is 0 Å². The van der Waals surface area contributed by atoms with Gasteiger partial charge in [-0.15, -0.1) is 0 Å². The number of hydrogen-bond donors (Lipinski definition) is 1. The van der Waals surface area contributed by atoms with Gasteiger partial charge >= 0.3 is 5.97 Å². The summed E-state index contributed by atoms with van der Waals surface area (Å²) in [6.07, 6.45) is 4.21. The van der Waals surface area contributed by atoms with Crippen LogP contribution in [-0.4, -0.2) is 35.5 Å². The number of hydrogen-bond acceptors (Lipinski definition) is 4. The molecule has 0 bridgehead atoms. The Balaban J connectivity index is 2.25. The van der Waals surface area contributed by atoms with E-state index in [1.807, 2.05) is 0 Å². The fraction of sp³-hybridized carbons (Fsp3) is 0.286. The lowest BCUT2D eigenvalue weighted by Crippen LogP contribution is -2.10. The van der Waals surface area contributed by atoms with Crippen LogP contribution < -0.4 is 0 Å². The molecule has 0 radical (unpaired) electrons. The number of benzene rings is 1. The largest absolute Gasteiger partial charge is 0.478 e. The van der Waals surface area contributed by atoms with Crippen LogP contribution >= 0.6 is 0 Å². The molecule has 3 rings (SSSR count). The highest BCUT2D eigenvalue weighted by molar-refractivity contribution is 7.90. The minimum atomic E-state index is -3.42. The Labute approximate surface area is 121 Å². The van der Waals surface area contributed by atoms with Crippen LogP contribution in [0.25, 0.3) is 5.69 Å². The Bertz CT molecular complexity index is 819. The normalized spacial score (nSPS) is 15.1. The van der Waals surface area contributed by atoms with Crippen LogP contribution in [0.15, 0.2) is 35.4 Å².